The topological polar surface area (TPSA) is 0 Å². The predicted molar refractivity (Wildman–Crippen MR) is 54.9 cm³/mol. The maximum absolute atomic E-state index is 2.25. The Morgan fingerprint density at radius 1 is 1.00 bits per heavy atom. The van der Waals surface area contributed by atoms with Crippen LogP contribution in [0, 0.1) is 6.92 Å². The summed E-state index contributed by atoms with van der Waals surface area (Å²) in [6.45, 7) is 8.85. The minimum atomic E-state index is 0. The third-order valence-electron chi connectivity index (χ3n) is 1.88. The Morgan fingerprint density at radius 3 is 1.85 bits per heavy atom. The Balaban J connectivity index is 0. The minimum absolute atomic E-state index is 0. The average molecular weight is 188 g/mol. The molecule has 0 N–H and O–H groups in total. The zero-order valence-electron chi connectivity index (χ0n) is 8.63. The van der Waals surface area contributed by atoms with E-state index in [0.29, 0.717) is 0 Å². The van der Waals surface area contributed by atoms with Crippen molar-refractivity contribution in [1.82, 2.24) is 0 Å². The lowest BCUT2D eigenvalue weighted by atomic mass is 9.86. The van der Waals surface area contributed by atoms with Crippen molar-refractivity contribution in [2.45, 2.75) is 33.1 Å². The van der Waals surface area contributed by atoms with Crippen LogP contribution in [0.4, 0.5) is 9.41 Å². The van der Waals surface area contributed by atoms with Gasteiger partial charge in [-0.25, -0.2) is 0 Å². The molecular formula is C11H18F2. The highest BCUT2D eigenvalue weighted by Crippen LogP contribution is 2.22. The Morgan fingerprint density at radius 2 is 1.54 bits per heavy atom. The van der Waals surface area contributed by atoms with Gasteiger partial charge in [-0.2, -0.15) is 0 Å². The maximum atomic E-state index is 2.25. The van der Waals surface area contributed by atoms with E-state index in [1.54, 1.807) is 0 Å². The van der Waals surface area contributed by atoms with Gasteiger partial charge in [0.05, 0.1) is 0 Å². The zero-order chi connectivity index (χ0) is 8.48. The van der Waals surface area contributed by atoms with Crippen molar-refractivity contribution in [1.29, 1.82) is 0 Å². The Kier molecular flexibility index (Phi) is 5.56. The molecule has 0 aliphatic heterocycles. The first-order valence-electron chi connectivity index (χ1n) is 4.07. The van der Waals surface area contributed by atoms with E-state index < -0.39 is 0 Å². The van der Waals surface area contributed by atoms with E-state index in [4.69, 9.17) is 0 Å². The lowest BCUT2D eigenvalue weighted by molar-refractivity contribution is 0.590. The molecule has 0 unspecified atom stereocenters. The molecule has 76 valence electrons. The van der Waals surface area contributed by atoms with Crippen LogP contribution in [0.15, 0.2) is 24.3 Å². The third-order valence-corrected chi connectivity index (χ3v) is 1.88. The zero-order valence-corrected chi connectivity index (χ0v) is 8.63. The second-order valence-corrected chi connectivity index (χ2v) is 4.12. The second-order valence-electron chi connectivity index (χ2n) is 4.12. The van der Waals surface area contributed by atoms with Gasteiger partial charge in [0.15, 0.2) is 0 Å². The molecule has 0 spiro atoms. The van der Waals surface area contributed by atoms with E-state index in [9.17, 15) is 0 Å². The summed E-state index contributed by atoms with van der Waals surface area (Å²) in [5, 5.41) is 0. The van der Waals surface area contributed by atoms with E-state index in [0.717, 1.165) is 0 Å². The van der Waals surface area contributed by atoms with Gasteiger partial charge < -0.3 is 0 Å². The molecule has 1 aromatic rings. The van der Waals surface area contributed by atoms with Crippen LogP contribution in [-0.4, -0.2) is 0 Å². The van der Waals surface area contributed by atoms with Gasteiger partial charge in [0, 0.05) is 0 Å². The SMILES string of the molecule is Cc1cccc(C(C)(C)C)c1.F.F. The van der Waals surface area contributed by atoms with Crippen LogP contribution in [0.25, 0.3) is 0 Å². The quantitative estimate of drug-likeness (QED) is 0.583. The van der Waals surface area contributed by atoms with E-state index >= 15 is 0 Å². The van der Waals surface area contributed by atoms with Crippen molar-refractivity contribution >= 4 is 0 Å². The first-order valence-corrected chi connectivity index (χ1v) is 4.07. The largest absolute Gasteiger partial charge is 0.269 e. The Hall–Kier alpha value is -0.920. The van der Waals surface area contributed by atoms with Crippen molar-refractivity contribution in [3.8, 4) is 0 Å². The number of hydrogen-bond acceptors (Lipinski definition) is 0. The number of aryl methyl sites for hydroxylation is 1. The average Bonchev–Trinajstić information content (AvgIpc) is 1.86. The molecule has 1 rings (SSSR count). The van der Waals surface area contributed by atoms with E-state index in [-0.39, 0.29) is 14.8 Å². The standard InChI is InChI=1S/C11H16.2FH/c1-9-6-5-7-10(8-9)11(2,3)4;;/h5-8H,1-4H3;2*1H. The molecule has 0 bridgehead atoms. The highest BCUT2D eigenvalue weighted by atomic mass is 19.0. The van der Waals surface area contributed by atoms with Crippen molar-refractivity contribution in [2.24, 2.45) is 0 Å². The molecule has 1 aromatic carbocycles. The fourth-order valence-electron chi connectivity index (χ4n) is 1.11. The van der Waals surface area contributed by atoms with Crippen molar-refractivity contribution < 1.29 is 9.41 Å². The van der Waals surface area contributed by atoms with Crippen LogP contribution >= 0.6 is 0 Å². The molecule has 0 aromatic heterocycles. The summed E-state index contributed by atoms with van der Waals surface area (Å²) < 4.78 is 0. The molecule has 2 heteroatoms. The highest BCUT2D eigenvalue weighted by Gasteiger charge is 2.12. The lowest BCUT2D eigenvalue weighted by Crippen LogP contribution is -2.10. The van der Waals surface area contributed by atoms with Crippen molar-refractivity contribution in [3.63, 3.8) is 0 Å². The fourth-order valence-corrected chi connectivity index (χ4v) is 1.11. The Labute approximate surface area is 78.7 Å². The van der Waals surface area contributed by atoms with E-state index in [2.05, 4.69) is 52.0 Å². The first-order chi connectivity index (χ1) is 5.00. The summed E-state index contributed by atoms with van der Waals surface area (Å²) in [7, 11) is 0. The molecule has 0 nitrogen and oxygen atoms in total. The summed E-state index contributed by atoms with van der Waals surface area (Å²) in [6, 6.07) is 8.69. The summed E-state index contributed by atoms with van der Waals surface area (Å²) in [5.41, 5.74) is 3.04. The second kappa shape index (κ2) is 4.95. The molecule has 0 saturated carbocycles. The molecule has 0 aliphatic rings. The van der Waals surface area contributed by atoms with Gasteiger partial charge in [0.25, 0.3) is 0 Å². The molecule has 0 radical (unpaired) electrons. The van der Waals surface area contributed by atoms with Crippen molar-refractivity contribution in [2.75, 3.05) is 0 Å². The van der Waals surface area contributed by atoms with Gasteiger partial charge in [-0.1, -0.05) is 50.6 Å². The van der Waals surface area contributed by atoms with E-state index in [1.807, 2.05) is 0 Å². The van der Waals surface area contributed by atoms with Gasteiger partial charge in [-0.3, -0.25) is 9.41 Å². The molecule has 0 saturated heterocycles. The number of benzene rings is 1. The maximum Gasteiger partial charge on any atom is -0.0132 e. The van der Waals surface area contributed by atoms with Crippen LogP contribution in [0.5, 0.6) is 0 Å². The minimum Gasteiger partial charge on any atom is -0.269 e. The van der Waals surface area contributed by atoms with Crippen LogP contribution in [-0.2, 0) is 5.41 Å². The third kappa shape index (κ3) is 4.02. The van der Waals surface area contributed by atoms with Crippen molar-refractivity contribution in [3.05, 3.63) is 35.4 Å². The molecule has 0 heterocycles. The number of rotatable bonds is 0. The van der Waals surface area contributed by atoms with Crippen LogP contribution in [0.3, 0.4) is 0 Å². The fraction of sp³-hybridized carbons (Fsp3) is 0.455. The smallest absolute Gasteiger partial charge is 0.0132 e. The van der Waals surface area contributed by atoms with Crippen LogP contribution < -0.4 is 0 Å². The van der Waals surface area contributed by atoms with Gasteiger partial charge in [0.1, 0.15) is 0 Å². The van der Waals surface area contributed by atoms with Gasteiger partial charge >= 0.3 is 0 Å². The number of hydrogen-bond donors (Lipinski definition) is 0. The normalized spacial score (nSPS) is 9.85. The molecule has 0 aliphatic carbocycles. The molecule has 13 heavy (non-hydrogen) atoms. The van der Waals surface area contributed by atoms with Gasteiger partial charge in [0.2, 0.25) is 0 Å². The van der Waals surface area contributed by atoms with Crippen LogP contribution in [0.2, 0.25) is 0 Å². The molecular weight excluding hydrogens is 170 g/mol. The Bertz CT molecular complexity index is 249. The summed E-state index contributed by atoms with van der Waals surface area (Å²) in [4.78, 5) is 0. The summed E-state index contributed by atoms with van der Waals surface area (Å²) in [5.74, 6) is 0. The summed E-state index contributed by atoms with van der Waals surface area (Å²) >= 11 is 0. The van der Waals surface area contributed by atoms with Gasteiger partial charge in [-0.05, 0) is 17.9 Å². The molecule has 0 fully saturated rings. The lowest BCUT2D eigenvalue weighted by Gasteiger charge is -2.19. The predicted octanol–water partition coefficient (Wildman–Crippen LogP) is 3.60. The molecule has 0 amide bonds. The summed E-state index contributed by atoms with van der Waals surface area (Å²) in [6.07, 6.45) is 0. The monoisotopic (exact) mass is 188 g/mol. The first kappa shape index (κ1) is 14.6. The van der Waals surface area contributed by atoms with Crippen LogP contribution in [0.1, 0.15) is 31.9 Å². The molecule has 0 atom stereocenters. The number of halogens is 2. The van der Waals surface area contributed by atoms with Gasteiger partial charge in [-0.15, -0.1) is 0 Å². The van der Waals surface area contributed by atoms with E-state index in [1.165, 1.54) is 11.1 Å². The highest BCUT2D eigenvalue weighted by molar-refractivity contribution is 5.27.